The number of hydrogen-bond donors (Lipinski definition) is 2. The Morgan fingerprint density at radius 3 is 2.54 bits per heavy atom. The lowest BCUT2D eigenvalue weighted by Crippen LogP contribution is -2.44. The van der Waals surface area contributed by atoms with Gasteiger partial charge in [0.15, 0.2) is 12.4 Å². The molecule has 2 rings (SSSR count). The molecule has 5 nitrogen and oxygen atoms in total. The van der Waals surface area contributed by atoms with E-state index < -0.39 is 11.8 Å². The molecule has 9 heteroatoms. The fraction of sp³-hybridized carbons (Fsp3) is 0.0667. The van der Waals surface area contributed by atoms with E-state index in [-0.39, 0.29) is 11.6 Å². The summed E-state index contributed by atoms with van der Waals surface area (Å²) in [4.78, 5) is 23.8. The summed E-state index contributed by atoms with van der Waals surface area (Å²) in [6, 6.07) is 10.1. The van der Waals surface area contributed by atoms with E-state index >= 15 is 0 Å². The van der Waals surface area contributed by atoms with Crippen LogP contribution in [0.1, 0.15) is 10.4 Å². The minimum Gasteiger partial charge on any atom is -0.481 e. The molecule has 2 aromatic rings. The number of carbonyl (C=O) groups is 2. The normalized spacial score (nSPS) is 10.2. The van der Waals surface area contributed by atoms with Crippen molar-refractivity contribution in [2.45, 2.75) is 0 Å². The molecular formula is C15H10BrCl2IN2O3. The van der Waals surface area contributed by atoms with Crippen LogP contribution in [0, 0.1) is 3.57 Å². The number of benzene rings is 2. The first-order valence-corrected chi connectivity index (χ1v) is 9.12. The van der Waals surface area contributed by atoms with E-state index in [0.29, 0.717) is 20.8 Å². The van der Waals surface area contributed by atoms with E-state index in [9.17, 15) is 9.59 Å². The van der Waals surface area contributed by atoms with Crippen LogP contribution in [-0.4, -0.2) is 18.4 Å². The van der Waals surface area contributed by atoms with Crippen LogP contribution in [0.4, 0.5) is 0 Å². The van der Waals surface area contributed by atoms with E-state index in [2.05, 4.69) is 26.8 Å². The van der Waals surface area contributed by atoms with Gasteiger partial charge in [-0.1, -0.05) is 35.3 Å². The Labute approximate surface area is 170 Å². The standard InChI is InChI=1S/C15H10BrCl2IN2O3/c16-10-5-8(17)6-11(18)14(10)24-7-13(22)20-21-15(23)9-3-1-2-4-12(9)19/h1-6H,7H2,(H,20,22)(H,21,23). The van der Waals surface area contributed by atoms with Gasteiger partial charge >= 0.3 is 0 Å². The molecule has 0 saturated heterocycles. The monoisotopic (exact) mass is 542 g/mol. The Hall–Kier alpha value is -1.03. The highest BCUT2D eigenvalue weighted by atomic mass is 127. The molecule has 126 valence electrons. The molecule has 0 bridgehead atoms. The van der Waals surface area contributed by atoms with Gasteiger partial charge in [0.1, 0.15) is 0 Å². The van der Waals surface area contributed by atoms with E-state index in [4.69, 9.17) is 27.9 Å². The number of hydrazine groups is 1. The first-order valence-electron chi connectivity index (χ1n) is 6.49. The van der Waals surface area contributed by atoms with Crippen molar-refractivity contribution < 1.29 is 14.3 Å². The third kappa shape index (κ3) is 5.23. The Balaban J connectivity index is 1.88. The predicted octanol–water partition coefficient (Wildman–Crippen LogP) is 4.20. The zero-order chi connectivity index (χ0) is 17.7. The van der Waals surface area contributed by atoms with Crippen molar-refractivity contribution in [3.05, 3.63) is 60.0 Å². The molecule has 0 aliphatic rings. The Bertz CT molecular complexity index is 766. The average molecular weight is 544 g/mol. The van der Waals surface area contributed by atoms with Crippen LogP contribution in [0.25, 0.3) is 0 Å². The van der Waals surface area contributed by atoms with Gasteiger partial charge in [0.05, 0.1) is 15.1 Å². The van der Waals surface area contributed by atoms with Gasteiger partial charge in [0.2, 0.25) is 0 Å². The molecule has 0 aromatic heterocycles. The molecule has 2 amide bonds. The van der Waals surface area contributed by atoms with Gasteiger partial charge in [-0.2, -0.15) is 0 Å². The van der Waals surface area contributed by atoms with Crippen LogP contribution in [-0.2, 0) is 4.79 Å². The van der Waals surface area contributed by atoms with Crippen molar-refractivity contribution in [1.29, 1.82) is 0 Å². The summed E-state index contributed by atoms with van der Waals surface area (Å²) < 4.78 is 6.64. The molecule has 0 unspecified atom stereocenters. The molecule has 0 fully saturated rings. The maximum atomic E-state index is 12.0. The number of amides is 2. The predicted molar refractivity (Wildman–Crippen MR) is 104 cm³/mol. The largest absolute Gasteiger partial charge is 0.481 e. The van der Waals surface area contributed by atoms with Gasteiger partial charge in [-0.25, -0.2) is 0 Å². The molecular weight excluding hydrogens is 534 g/mol. The first kappa shape index (κ1) is 19.3. The molecule has 2 aromatic carbocycles. The minimum atomic E-state index is -0.535. The quantitative estimate of drug-likeness (QED) is 0.449. The van der Waals surface area contributed by atoms with Gasteiger partial charge in [0, 0.05) is 8.59 Å². The average Bonchev–Trinajstić information content (AvgIpc) is 2.52. The number of carbonyl (C=O) groups excluding carboxylic acids is 2. The maximum absolute atomic E-state index is 12.0. The second kappa shape index (κ2) is 8.89. The Morgan fingerprint density at radius 2 is 1.88 bits per heavy atom. The van der Waals surface area contributed by atoms with Crippen molar-refractivity contribution in [2.75, 3.05) is 6.61 Å². The molecule has 0 spiro atoms. The fourth-order valence-corrected chi connectivity index (χ4v) is 3.68. The van der Waals surface area contributed by atoms with Crippen LogP contribution < -0.4 is 15.6 Å². The summed E-state index contributed by atoms with van der Waals surface area (Å²) in [5.41, 5.74) is 5.06. The van der Waals surface area contributed by atoms with Crippen molar-refractivity contribution in [2.24, 2.45) is 0 Å². The fourth-order valence-electron chi connectivity index (χ4n) is 1.68. The van der Waals surface area contributed by atoms with Crippen molar-refractivity contribution in [1.82, 2.24) is 10.9 Å². The molecule has 0 saturated carbocycles. The lowest BCUT2D eigenvalue weighted by molar-refractivity contribution is -0.123. The molecule has 0 heterocycles. The topological polar surface area (TPSA) is 67.4 Å². The smallest absolute Gasteiger partial charge is 0.276 e. The summed E-state index contributed by atoms with van der Waals surface area (Å²) in [5, 5.41) is 0.707. The van der Waals surface area contributed by atoms with Gasteiger partial charge in [0.25, 0.3) is 11.8 Å². The third-order valence-corrected chi connectivity index (χ3v) is 4.77. The number of halogens is 4. The molecule has 24 heavy (non-hydrogen) atoms. The SMILES string of the molecule is O=C(COc1c(Cl)cc(Cl)cc1Br)NNC(=O)c1ccccc1I. The number of rotatable bonds is 4. The van der Waals surface area contributed by atoms with Gasteiger partial charge in [-0.3, -0.25) is 20.4 Å². The zero-order valence-corrected chi connectivity index (χ0v) is 17.2. The second-order valence-electron chi connectivity index (χ2n) is 4.47. The number of ether oxygens (including phenoxy) is 1. The van der Waals surface area contributed by atoms with Crippen LogP contribution in [0.15, 0.2) is 40.9 Å². The van der Waals surface area contributed by atoms with Gasteiger partial charge < -0.3 is 4.74 Å². The molecule has 0 atom stereocenters. The Morgan fingerprint density at radius 1 is 1.17 bits per heavy atom. The zero-order valence-electron chi connectivity index (χ0n) is 11.9. The summed E-state index contributed by atoms with van der Waals surface area (Å²) in [7, 11) is 0. The van der Waals surface area contributed by atoms with E-state index in [0.717, 1.165) is 3.57 Å². The van der Waals surface area contributed by atoms with Crippen LogP contribution in [0.3, 0.4) is 0 Å². The summed E-state index contributed by atoms with van der Waals surface area (Å²) >= 11 is 17.1. The van der Waals surface area contributed by atoms with E-state index in [1.165, 1.54) is 6.07 Å². The Kier molecular flexibility index (Phi) is 7.15. The summed E-state index contributed by atoms with van der Waals surface area (Å²) in [6.07, 6.45) is 0. The highest BCUT2D eigenvalue weighted by Crippen LogP contribution is 2.35. The van der Waals surface area contributed by atoms with E-state index in [1.807, 2.05) is 28.7 Å². The summed E-state index contributed by atoms with van der Waals surface area (Å²) in [5.74, 6) is -0.661. The number of nitrogens with one attached hydrogen (secondary N) is 2. The summed E-state index contributed by atoms with van der Waals surface area (Å²) in [6.45, 7) is -0.327. The second-order valence-corrected chi connectivity index (χ2v) is 7.33. The van der Waals surface area contributed by atoms with Crippen molar-refractivity contribution >= 4 is 73.5 Å². The van der Waals surface area contributed by atoms with Gasteiger partial charge in [-0.15, -0.1) is 0 Å². The molecule has 0 radical (unpaired) electrons. The number of hydrogen-bond acceptors (Lipinski definition) is 3. The lowest BCUT2D eigenvalue weighted by atomic mass is 10.2. The molecule has 0 aliphatic heterocycles. The van der Waals surface area contributed by atoms with Crippen LogP contribution >= 0.6 is 61.7 Å². The van der Waals surface area contributed by atoms with Crippen LogP contribution in [0.2, 0.25) is 10.0 Å². The highest BCUT2D eigenvalue weighted by molar-refractivity contribution is 14.1. The van der Waals surface area contributed by atoms with Crippen molar-refractivity contribution in [3.8, 4) is 5.75 Å². The third-order valence-electron chi connectivity index (χ3n) is 2.74. The maximum Gasteiger partial charge on any atom is 0.276 e. The van der Waals surface area contributed by atoms with Crippen LogP contribution in [0.5, 0.6) is 5.75 Å². The lowest BCUT2D eigenvalue weighted by Gasteiger charge is -2.11. The molecule has 2 N–H and O–H groups in total. The van der Waals surface area contributed by atoms with Crippen molar-refractivity contribution in [3.63, 3.8) is 0 Å². The van der Waals surface area contributed by atoms with E-state index in [1.54, 1.807) is 24.3 Å². The highest BCUT2D eigenvalue weighted by Gasteiger charge is 2.13. The van der Waals surface area contributed by atoms with Gasteiger partial charge in [-0.05, 0) is 62.8 Å². The molecule has 0 aliphatic carbocycles. The first-order chi connectivity index (χ1) is 11.4. The minimum absolute atomic E-state index is 0.269.